The first-order valence-corrected chi connectivity index (χ1v) is 7.93. The molecule has 1 aromatic rings. The Morgan fingerprint density at radius 3 is 2.35 bits per heavy atom. The van der Waals surface area contributed by atoms with E-state index in [9.17, 15) is 12.8 Å². The van der Waals surface area contributed by atoms with E-state index < -0.39 is 15.8 Å². The molecular formula is C14H23FN2O2S. The van der Waals surface area contributed by atoms with E-state index in [1.165, 1.54) is 29.6 Å². The van der Waals surface area contributed by atoms with Crippen LogP contribution in [0.4, 0.5) is 4.39 Å². The van der Waals surface area contributed by atoms with Crippen molar-refractivity contribution < 1.29 is 12.8 Å². The van der Waals surface area contributed by atoms with Crippen LogP contribution in [-0.2, 0) is 16.6 Å². The van der Waals surface area contributed by atoms with Gasteiger partial charge in [-0.15, -0.1) is 0 Å². The quantitative estimate of drug-likeness (QED) is 0.928. The molecule has 1 atom stereocenters. The smallest absolute Gasteiger partial charge is 0.243 e. The monoisotopic (exact) mass is 302 g/mol. The number of hydrogen-bond acceptors (Lipinski definition) is 3. The van der Waals surface area contributed by atoms with E-state index >= 15 is 0 Å². The van der Waals surface area contributed by atoms with Crippen LogP contribution in [0.5, 0.6) is 0 Å². The van der Waals surface area contributed by atoms with Gasteiger partial charge in [-0.05, 0) is 24.5 Å². The van der Waals surface area contributed by atoms with Crippen molar-refractivity contribution in [3.05, 3.63) is 29.6 Å². The van der Waals surface area contributed by atoms with Crippen LogP contribution in [0, 0.1) is 11.2 Å². The van der Waals surface area contributed by atoms with Gasteiger partial charge in [0, 0.05) is 25.2 Å². The molecule has 0 fully saturated rings. The molecule has 0 spiro atoms. The van der Waals surface area contributed by atoms with Gasteiger partial charge >= 0.3 is 0 Å². The maximum absolute atomic E-state index is 13.7. The predicted molar refractivity (Wildman–Crippen MR) is 78.2 cm³/mol. The zero-order valence-corrected chi connectivity index (χ0v) is 13.5. The Bertz CT molecular complexity index is 579. The number of rotatable bonds is 4. The normalized spacial score (nSPS) is 14.6. The Hall–Kier alpha value is -0.980. The van der Waals surface area contributed by atoms with Crippen LogP contribution in [0.15, 0.2) is 23.1 Å². The molecule has 0 heterocycles. The van der Waals surface area contributed by atoms with E-state index in [0.29, 0.717) is 0 Å². The third-order valence-corrected chi connectivity index (χ3v) is 5.75. The average Bonchev–Trinajstić information content (AvgIpc) is 2.35. The van der Waals surface area contributed by atoms with Crippen LogP contribution >= 0.6 is 0 Å². The topological polar surface area (TPSA) is 63.4 Å². The number of sulfonamides is 1. The second kappa shape index (κ2) is 5.79. The summed E-state index contributed by atoms with van der Waals surface area (Å²) in [5.74, 6) is -0.592. The molecular weight excluding hydrogens is 279 g/mol. The van der Waals surface area contributed by atoms with E-state index in [1.54, 1.807) is 0 Å². The number of nitrogens with zero attached hydrogens (tertiary/aromatic N) is 1. The summed E-state index contributed by atoms with van der Waals surface area (Å²) < 4.78 is 40.3. The highest BCUT2D eigenvalue weighted by molar-refractivity contribution is 7.89. The lowest BCUT2D eigenvalue weighted by atomic mass is 9.88. The lowest BCUT2D eigenvalue weighted by molar-refractivity contribution is 0.216. The molecule has 20 heavy (non-hydrogen) atoms. The molecule has 0 saturated heterocycles. The molecule has 1 aromatic carbocycles. The Kier molecular flexibility index (Phi) is 4.94. The molecule has 4 nitrogen and oxygen atoms in total. The summed E-state index contributed by atoms with van der Waals surface area (Å²) in [5.41, 5.74) is 5.29. The lowest BCUT2D eigenvalue weighted by Crippen LogP contribution is -2.43. The molecule has 1 rings (SSSR count). The van der Waals surface area contributed by atoms with Gasteiger partial charge in [0.1, 0.15) is 5.82 Å². The molecule has 0 aliphatic heterocycles. The first-order valence-electron chi connectivity index (χ1n) is 6.49. The van der Waals surface area contributed by atoms with Crippen molar-refractivity contribution >= 4 is 10.0 Å². The van der Waals surface area contributed by atoms with Gasteiger partial charge in [0.25, 0.3) is 0 Å². The van der Waals surface area contributed by atoms with Crippen molar-refractivity contribution in [3.8, 4) is 0 Å². The fraction of sp³-hybridized carbons (Fsp3) is 0.571. The summed E-state index contributed by atoms with van der Waals surface area (Å²) in [6.07, 6.45) is 0. The molecule has 0 amide bonds. The molecule has 0 aliphatic carbocycles. The van der Waals surface area contributed by atoms with Crippen molar-refractivity contribution in [1.82, 2.24) is 4.31 Å². The van der Waals surface area contributed by atoms with E-state index in [1.807, 2.05) is 27.7 Å². The van der Waals surface area contributed by atoms with Crippen molar-refractivity contribution in [3.63, 3.8) is 0 Å². The maximum atomic E-state index is 13.7. The molecule has 2 N–H and O–H groups in total. The zero-order chi connectivity index (χ0) is 15.7. The maximum Gasteiger partial charge on any atom is 0.243 e. The molecule has 0 aliphatic rings. The fourth-order valence-corrected chi connectivity index (χ4v) is 3.67. The summed E-state index contributed by atoms with van der Waals surface area (Å²) in [7, 11) is -2.26. The number of halogens is 1. The third-order valence-electron chi connectivity index (χ3n) is 3.74. The SMILES string of the molecule is CC(N(C)S(=O)(=O)c1cccc(F)c1CN)C(C)(C)C. The van der Waals surface area contributed by atoms with Crippen molar-refractivity contribution in [1.29, 1.82) is 0 Å². The zero-order valence-electron chi connectivity index (χ0n) is 12.6. The third kappa shape index (κ3) is 3.19. The minimum absolute atomic E-state index is 0.0282. The number of hydrogen-bond donors (Lipinski definition) is 1. The summed E-state index contributed by atoms with van der Waals surface area (Å²) >= 11 is 0. The molecule has 1 unspecified atom stereocenters. The minimum Gasteiger partial charge on any atom is -0.326 e. The number of nitrogens with two attached hydrogens (primary N) is 1. The highest BCUT2D eigenvalue weighted by Crippen LogP contribution is 2.29. The molecule has 0 radical (unpaired) electrons. The fourth-order valence-electron chi connectivity index (χ4n) is 1.89. The summed E-state index contributed by atoms with van der Waals surface area (Å²) in [4.78, 5) is -0.0569. The van der Waals surface area contributed by atoms with Crippen molar-refractivity contribution in [2.24, 2.45) is 11.1 Å². The Labute approximate surface area is 120 Å². The van der Waals surface area contributed by atoms with E-state index in [0.717, 1.165) is 0 Å². The molecule has 6 heteroatoms. The van der Waals surface area contributed by atoms with Crippen LogP contribution in [0.25, 0.3) is 0 Å². The van der Waals surface area contributed by atoms with Crippen LogP contribution in [0.1, 0.15) is 33.3 Å². The van der Waals surface area contributed by atoms with Crippen LogP contribution in [0.2, 0.25) is 0 Å². The first-order chi connectivity index (χ1) is 9.03. The summed E-state index contributed by atoms with van der Waals surface area (Å²) in [6.45, 7) is 7.55. The highest BCUT2D eigenvalue weighted by Gasteiger charge is 2.33. The Morgan fingerprint density at radius 1 is 1.35 bits per heavy atom. The van der Waals surface area contributed by atoms with Gasteiger partial charge in [-0.1, -0.05) is 26.8 Å². The van der Waals surface area contributed by atoms with Crippen LogP contribution < -0.4 is 5.73 Å². The van der Waals surface area contributed by atoms with E-state index in [2.05, 4.69) is 0 Å². The van der Waals surface area contributed by atoms with E-state index in [-0.39, 0.29) is 28.5 Å². The van der Waals surface area contributed by atoms with Crippen LogP contribution in [0.3, 0.4) is 0 Å². The van der Waals surface area contributed by atoms with Gasteiger partial charge < -0.3 is 5.73 Å². The van der Waals surface area contributed by atoms with E-state index in [4.69, 9.17) is 5.73 Å². The average molecular weight is 302 g/mol. The van der Waals surface area contributed by atoms with Gasteiger partial charge in [-0.25, -0.2) is 12.8 Å². The largest absolute Gasteiger partial charge is 0.326 e. The number of benzene rings is 1. The standard InChI is InChI=1S/C14H23FN2O2S/c1-10(14(2,3)4)17(5)20(18,19)13-8-6-7-12(15)11(13)9-16/h6-8,10H,9,16H2,1-5H3. The Morgan fingerprint density at radius 2 is 1.90 bits per heavy atom. The summed E-state index contributed by atoms with van der Waals surface area (Å²) in [6, 6.07) is 3.76. The van der Waals surface area contributed by atoms with Gasteiger partial charge in [0.05, 0.1) is 4.90 Å². The van der Waals surface area contributed by atoms with Crippen molar-refractivity contribution in [2.45, 2.75) is 45.2 Å². The molecule has 0 aromatic heterocycles. The lowest BCUT2D eigenvalue weighted by Gasteiger charge is -2.34. The molecule has 114 valence electrons. The van der Waals surface area contributed by atoms with Gasteiger partial charge in [-0.3, -0.25) is 0 Å². The predicted octanol–water partition coefficient (Wildman–Crippen LogP) is 2.34. The highest BCUT2D eigenvalue weighted by atomic mass is 32.2. The van der Waals surface area contributed by atoms with Gasteiger partial charge in [0.2, 0.25) is 10.0 Å². The van der Waals surface area contributed by atoms with Gasteiger partial charge in [-0.2, -0.15) is 4.31 Å². The second-order valence-corrected chi connectivity index (χ2v) is 7.95. The van der Waals surface area contributed by atoms with Gasteiger partial charge in [0.15, 0.2) is 0 Å². The first kappa shape index (κ1) is 17.1. The summed E-state index contributed by atoms with van der Waals surface area (Å²) in [5, 5.41) is 0. The van der Waals surface area contributed by atoms with Crippen molar-refractivity contribution in [2.75, 3.05) is 7.05 Å². The Balaban J connectivity index is 3.35. The van der Waals surface area contributed by atoms with Crippen LogP contribution in [-0.4, -0.2) is 25.8 Å². The minimum atomic E-state index is -3.77. The second-order valence-electron chi connectivity index (χ2n) is 5.98. The molecule has 0 bridgehead atoms. The molecule has 0 saturated carbocycles.